The van der Waals surface area contributed by atoms with Gasteiger partial charge in [-0.2, -0.15) is 0 Å². The second kappa shape index (κ2) is 9.70. The SMILES string of the molecule is Fc1cccc(COc2ccc(Nc3ncncc3C#Cc3cccnc3)cc2Cl)c1. The minimum Gasteiger partial charge on any atom is -0.487 e. The van der Waals surface area contributed by atoms with E-state index in [9.17, 15) is 4.39 Å². The summed E-state index contributed by atoms with van der Waals surface area (Å²) >= 11 is 6.37. The molecule has 0 bridgehead atoms. The lowest BCUT2D eigenvalue weighted by Crippen LogP contribution is -1.99. The molecule has 5 nitrogen and oxygen atoms in total. The summed E-state index contributed by atoms with van der Waals surface area (Å²) in [6, 6.07) is 15.2. The zero-order chi connectivity index (χ0) is 21.5. The van der Waals surface area contributed by atoms with Crippen LogP contribution in [0, 0.1) is 17.7 Å². The molecule has 0 atom stereocenters. The Bertz CT molecular complexity index is 1260. The molecule has 4 rings (SSSR count). The van der Waals surface area contributed by atoms with E-state index in [1.165, 1.54) is 18.5 Å². The number of hydrogen-bond acceptors (Lipinski definition) is 5. The van der Waals surface area contributed by atoms with Gasteiger partial charge in [0.2, 0.25) is 0 Å². The third-order valence-corrected chi connectivity index (χ3v) is 4.49. The lowest BCUT2D eigenvalue weighted by atomic mass is 10.2. The molecule has 0 saturated heterocycles. The summed E-state index contributed by atoms with van der Waals surface area (Å²) in [5.41, 5.74) is 2.86. The van der Waals surface area contributed by atoms with E-state index in [0.717, 1.165) is 11.1 Å². The van der Waals surface area contributed by atoms with Gasteiger partial charge in [-0.1, -0.05) is 35.6 Å². The Hall–Kier alpha value is -3.95. The molecule has 4 aromatic rings. The van der Waals surface area contributed by atoms with Gasteiger partial charge in [-0.05, 0) is 48.0 Å². The van der Waals surface area contributed by atoms with Gasteiger partial charge in [-0.15, -0.1) is 0 Å². The summed E-state index contributed by atoms with van der Waals surface area (Å²) in [6.07, 6.45) is 6.46. The van der Waals surface area contributed by atoms with E-state index >= 15 is 0 Å². The normalized spacial score (nSPS) is 10.1. The lowest BCUT2D eigenvalue weighted by molar-refractivity contribution is 0.306. The quantitative estimate of drug-likeness (QED) is 0.430. The van der Waals surface area contributed by atoms with Gasteiger partial charge in [0.05, 0.1) is 10.6 Å². The number of nitrogens with zero attached hydrogens (tertiary/aromatic N) is 3. The zero-order valence-corrected chi connectivity index (χ0v) is 17.0. The number of hydrogen-bond donors (Lipinski definition) is 1. The topological polar surface area (TPSA) is 59.9 Å². The number of anilines is 2. The molecule has 2 aromatic heterocycles. The first kappa shape index (κ1) is 20.3. The van der Waals surface area contributed by atoms with Crippen LogP contribution in [0.4, 0.5) is 15.9 Å². The second-order valence-electron chi connectivity index (χ2n) is 6.47. The van der Waals surface area contributed by atoms with Crippen LogP contribution in [0.5, 0.6) is 5.75 Å². The van der Waals surface area contributed by atoms with E-state index in [-0.39, 0.29) is 12.4 Å². The molecule has 0 aliphatic carbocycles. The highest BCUT2D eigenvalue weighted by atomic mass is 35.5. The Morgan fingerprint density at radius 3 is 2.74 bits per heavy atom. The predicted molar refractivity (Wildman–Crippen MR) is 118 cm³/mol. The van der Waals surface area contributed by atoms with Gasteiger partial charge in [0.15, 0.2) is 0 Å². The Morgan fingerprint density at radius 2 is 1.94 bits per heavy atom. The second-order valence-corrected chi connectivity index (χ2v) is 6.87. The van der Waals surface area contributed by atoms with Crippen molar-refractivity contribution < 1.29 is 9.13 Å². The number of nitrogens with one attached hydrogen (secondary N) is 1. The van der Waals surface area contributed by atoms with Gasteiger partial charge in [-0.25, -0.2) is 14.4 Å². The smallest absolute Gasteiger partial charge is 0.149 e. The average molecular weight is 431 g/mol. The summed E-state index contributed by atoms with van der Waals surface area (Å²) in [6.45, 7) is 0.213. The molecule has 0 aliphatic heterocycles. The molecule has 7 heteroatoms. The molecule has 0 amide bonds. The molecular weight excluding hydrogens is 415 g/mol. The Balaban J connectivity index is 1.48. The van der Waals surface area contributed by atoms with Crippen molar-refractivity contribution in [1.29, 1.82) is 0 Å². The molecule has 2 aromatic carbocycles. The monoisotopic (exact) mass is 430 g/mol. The minimum atomic E-state index is -0.306. The van der Waals surface area contributed by atoms with Crippen LogP contribution in [0.25, 0.3) is 0 Å². The molecule has 0 fully saturated rings. The fourth-order valence-electron chi connectivity index (χ4n) is 2.72. The summed E-state index contributed by atoms with van der Waals surface area (Å²) < 4.78 is 19.0. The first-order valence-electron chi connectivity index (χ1n) is 9.33. The third kappa shape index (κ3) is 5.56. The van der Waals surface area contributed by atoms with Gasteiger partial charge in [0.25, 0.3) is 0 Å². The number of aromatic nitrogens is 3. The maximum Gasteiger partial charge on any atom is 0.149 e. The van der Waals surface area contributed by atoms with Crippen molar-refractivity contribution in [1.82, 2.24) is 15.0 Å². The number of rotatable bonds is 5. The van der Waals surface area contributed by atoms with E-state index in [2.05, 4.69) is 32.1 Å². The fraction of sp³-hybridized carbons (Fsp3) is 0.0417. The van der Waals surface area contributed by atoms with Crippen molar-refractivity contribution in [2.45, 2.75) is 6.61 Å². The maximum absolute atomic E-state index is 13.3. The van der Waals surface area contributed by atoms with Gasteiger partial charge in [0.1, 0.15) is 30.3 Å². The Kier molecular flexibility index (Phi) is 6.36. The maximum atomic E-state index is 13.3. The largest absolute Gasteiger partial charge is 0.487 e. The van der Waals surface area contributed by atoms with Gasteiger partial charge in [-0.3, -0.25) is 4.98 Å². The van der Waals surface area contributed by atoms with Crippen molar-refractivity contribution in [3.63, 3.8) is 0 Å². The standard InChI is InChI=1S/C24H16ClFN4O/c25-22-12-21(8-9-23(22)31-15-18-3-1-5-20(26)11-18)30-24-19(14-28-16-29-24)7-6-17-4-2-10-27-13-17/h1-5,8-14,16H,15H2,(H,28,29,30). The Labute approximate surface area is 183 Å². The third-order valence-electron chi connectivity index (χ3n) is 4.19. The van der Waals surface area contributed by atoms with E-state index in [1.54, 1.807) is 42.9 Å². The molecule has 2 heterocycles. The minimum absolute atomic E-state index is 0.213. The van der Waals surface area contributed by atoms with Crippen molar-refractivity contribution in [3.05, 3.63) is 107 Å². The van der Waals surface area contributed by atoms with E-state index in [0.29, 0.717) is 27.8 Å². The average Bonchev–Trinajstić information content (AvgIpc) is 2.79. The van der Waals surface area contributed by atoms with E-state index < -0.39 is 0 Å². The molecule has 1 N–H and O–H groups in total. The fourth-order valence-corrected chi connectivity index (χ4v) is 2.95. The number of halogens is 2. The van der Waals surface area contributed by atoms with Crippen molar-refractivity contribution >= 4 is 23.1 Å². The predicted octanol–water partition coefficient (Wildman–Crippen LogP) is 5.39. The summed E-state index contributed by atoms with van der Waals surface area (Å²) in [7, 11) is 0. The highest BCUT2D eigenvalue weighted by Crippen LogP contribution is 2.30. The molecular formula is C24H16ClFN4O. The first-order chi connectivity index (χ1) is 15.2. The number of ether oxygens (including phenoxy) is 1. The molecule has 0 unspecified atom stereocenters. The molecule has 0 spiro atoms. The lowest BCUT2D eigenvalue weighted by Gasteiger charge is -2.11. The van der Waals surface area contributed by atoms with Crippen molar-refractivity contribution in [2.24, 2.45) is 0 Å². The van der Waals surface area contributed by atoms with Crippen LogP contribution in [-0.4, -0.2) is 15.0 Å². The summed E-state index contributed by atoms with van der Waals surface area (Å²) in [4.78, 5) is 12.4. The highest BCUT2D eigenvalue weighted by molar-refractivity contribution is 6.32. The van der Waals surface area contributed by atoms with Crippen LogP contribution in [0.3, 0.4) is 0 Å². The van der Waals surface area contributed by atoms with Gasteiger partial charge >= 0.3 is 0 Å². The van der Waals surface area contributed by atoms with Crippen LogP contribution in [-0.2, 0) is 6.61 Å². The number of pyridine rings is 1. The van der Waals surface area contributed by atoms with Crippen LogP contribution in [0.1, 0.15) is 16.7 Å². The molecule has 152 valence electrons. The summed E-state index contributed by atoms with van der Waals surface area (Å²) in [5, 5.41) is 3.61. The van der Waals surface area contributed by atoms with E-state index in [4.69, 9.17) is 16.3 Å². The van der Waals surface area contributed by atoms with Crippen LogP contribution in [0.2, 0.25) is 5.02 Å². The molecule has 0 aliphatic rings. The summed E-state index contributed by atoms with van der Waals surface area (Å²) in [5.74, 6) is 6.83. The van der Waals surface area contributed by atoms with Crippen LogP contribution in [0.15, 0.2) is 79.5 Å². The van der Waals surface area contributed by atoms with Crippen molar-refractivity contribution in [2.75, 3.05) is 5.32 Å². The Morgan fingerprint density at radius 1 is 1.00 bits per heavy atom. The van der Waals surface area contributed by atoms with Crippen molar-refractivity contribution in [3.8, 4) is 17.6 Å². The van der Waals surface area contributed by atoms with Crippen LogP contribution >= 0.6 is 11.6 Å². The first-order valence-corrected chi connectivity index (χ1v) is 9.71. The molecule has 0 radical (unpaired) electrons. The van der Waals surface area contributed by atoms with E-state index in [1.807, 2.05) is 18.2 Å². The number of benzene rings is 2. The van der Waals surface area contributed by atoms with Gasteiger partial charge in [0, 0.05) is 29.8 Å². The van der Waals surface area contributed by atoms with Crippen LogP contribution < -0.4 is 10.1 Å². The zero-order valence-electron chi connectivity index (χ0n) is 16.2. The highest BCUT2D eigenvalue weighted by Gasteiger charge is 2.07. The van der Waals surface area contributed by atoms with Gasteiger partial charge < -0.3 is 10.1 Å². The molecule has 31 heavy (non-hydrogen) atoms. The molecule has 0 saturated carbocycles.